The molecule has 0 unspecified atom stereocenters. The number of rotatable bonds is 4. The Kier molecular flexibility index (Phi) is 6.98. The topological polar surface area (TPSA) is 30.3 Å². The molecular formula is C14H27N3O. The van der Waals surface area contributed by atoms with Gasteiger partial charge in [-0.1, -0.05) is 27.7 Å². The van der Waals surface area contributed by atoms with Gasteiger partial charge in [0.1, 0.15) is 0 Å². The first-order valence-corrected chi connectivity index (χ1v) is 7.08. The van der Waals surface area contributed by atoms with Crippen LogP contribution in [0.3, 0.4) is 0 Å². The highest BCUT2D eigenvalue weighted by Crippen LogP contribution is 2.12. The molecule has 2 heterocycles. The van der Waals surface area contributed by atoms with E-state index in [1.807, 2.05) is 24.7 Å². The van der Waals surface area contributed by atoms with Crippen molar-refractivity contribution in [2.45, 2.75) is 40.2 Å². The van der Waals surface area contributed by atoms with Crippen LogP contribution < -0.4 is 0 Å². The molecule has 4 nitrogen and oxygen atoms in total. The molecule has 1 aliphatic heterocycles. The standard InChI is InChI=1S/C12H21N3O.C2H6/c1-11(2)12-9-13-15(10-12)4-3-14-5-7-16-8-6-14;1-2/h9-11H,3-8H2,1-2H3;1-2H3. The Labute approximate surface area is 111 Å². The maximum Gasteiger partial charge on any atom is 0.0594 e. The largest absolute Gasteiger partial charge is 0.379 e. The number of nitrogens with zero attached hydrogens (tertiary/aromatic N) is 3. The summed E-state index contributed by atoms with van der Waals surface area (Å²) in [5, 5.41) is 4.38. The molecule has 0 saturated carbocycles. The lowest BCUT2D eigenvalue weighted by molar-refractivity contribution is 0.0359. The summed E-state index contributed by atoms with van der Waals surface area (Å²) >= 11 is 0. The second kappa shape index (κ2) is 8.27. The number of morpholine rings is 1. The van der Waals surface area contributed by atoms with Crippen LogP contribution in [0.5, 0.6) is 0 Å². The van der Waals surface area contributed by atoms with Crippen molar-refractivity contribution in [3.8, 4) is 0 Å². The average Bonchev–Trinajstić information content (AvgIpc) is 2.89. The molecular weight excluding hydrogens is 226 g/mol. The molecule has 18 heavy (non-hydrogen) atoms. The van der Waals surface area contributed by atoms with Gasteiger partial charge in [0.05, 0.1) is 26.0 Å². The van der Waals surface area contributed by atoms with E-state index in [0.29, 0.717) is 5.92 Å². The predicted octanol–water partition coefficient (Wildman–Crippen LogP) is 2.36. The molecule has 0 spiro atoms. The summed E-state index contributed by atoms with van der Waals surface area (Å²) in [6.07, 6.45) is 4.13. The van der Waals surface area contributed by atoms with Gasteiger partial charge in [-0.05, 0) is 11.5 Å². The Hall–Kier alpha value is -0.870. The van der Waals surface area contributed by atoms with Gasteiger partial charge in [0.25, 0.3) is 0 Å². The molecule has 0 atom stereocenters. The van der Waals surface area contributed by atoms with Gasteiger partial charge in [0, 0.05) is 25.8 Å². The normalized spacial score (nSPS) is 16.5. The Morgan fingerprint density at radius 2 is 1.89 bits per heavy atom. The fourth-order valence-electron chi connectivity index (χ4n) is 1.87. The first-order valence-electron chi connectivity index (χ1n) is 7.08. The van der Waals surface area contributed by atoms with E-state index in [1.54, 1.807) is 0 Å². The van der Waals surface area contributed by atoms with Crippen molar-refractivity contribution in [3.05, 3.63) is 18.0 Å². The van der Waals surface area contributed by atoms with Crippen LogP contribution in [0.25, 0.3) is 0 Å². The summed E-state index contributed by atoms with van der Waals surface area (Å²) in [7, 11) is 0. The minimum Gasteiger partial charge on any atom is -0.379 e. The van der Waals surface area contributed by atoms with Crippen molar-refractivity contribution < 1.29 is 4.74 Å². The van der Waals surface area contributed by atoms with Gasteiger partial charge < -0.3 is 4.74 Å². The third-order valence-corrected chi connectivity index (χ3v) is 3.07. The molecule has 1 aromatic heterocycles. The fraction of sp³-hybridized carbons (Fsp3) is 0.786. The SMILES string of the molecule is CC.CC(C)c1cnn(CCN2CCOCC2)c1. The quantitative estimate of drug-likeness (QED) is 0.825. The van der Waals surface area contributed by atoms with E-state index in [2.05, 4.69) is 30.0 Å². The molecule has 1 aliphatic rings. The van der Waals surface area contributed by atoms with E-state index in [4.69, 9.17) is 4.74 Å². The number of aromatic nitrogens is 2. The highest BCUT2D eigenvalue weighted by Gasteiger charge is 2.10. The van der Waals surface area contributed by atoms with Crippen LogP contribution in [0, 0.1) is 0 Å². The predicted molar refractivity (Wildman–Crippen MR) is 74.9 cm³/mol. The van der Waals surface area contributed by atoms with Crippen LogP contribution in [0.4, 0.5) is 0 Å². The molecule has 104 valence electrons. The van der Waals surface area contributed by atoms with Crippen molar-refractivity contribution in [3.63, 3.8) is 0 Å². The maximum absolute atomic E-state index is 5.32. The number of ether oxygens (including phenoxy) is 1. The molecule has 0 aromatic carbocycles. The van der Waals surface area contributed by atoms with E-state index in [1.165, 1.54) is 5.56 Å². The molecule has 1 saturated heterocycles. The summed E-state index contributed by atoms with van der Waals surface area (Å²) in [6, 6.07) is 0. The van der Waals surface area contributed by atoms with Crippen molar-refractivity contribution in [1.82, 2.24) is 14.7 Å². The van der Waals surface area contributed by atoms with E-state index < -0.39 is 0 Å². The van der Waals surface area contributed by atoms with Gasteiger partial charge in [-0.2, -0.15) is 5.10 Å². The lowest BCUT2D eigenvalue weighted by Gasteiger charge is -2.26. The van der Waals surface area contributed by atoms with Gasteiger partial charge in [-0.25, -0.2) is 0 Å². The highest BCUT2D eigenvalue weighted by atomic mass is 16.5. The summed E-state index contributed by atoms with van der Waals surface area (Å²) in [6.45, 7) is 14.3. The molecule has 2 rings (SSSR count). The van der Waals surface area contributed by atoms with Gasteiger partial charge in [-0.15, -0.1) is 0 Å². The fourth-order valence-corrected chi connectivity index (χ4v) is 1.87. The Balaban J connectivity index is 0.000000771. The van der Waals surface area contributed by atoms with Crippen LogP contribution in [0.1, 0.15) is 39.2 Å². The van der Waals surface area contributed by atoms with Crippen LogP contribution in [-0.4, -0.2) is 47.5 Å². The van der Waals surface area contributed by atoms with Crippen molar-refractivity contribution >= 4 is 0 Å². The van der Waals surface area contributed by atoms with E-state index in [0.717, 1.165) is 39.4 Å². The number of hydrogen-bond donors (Lipinski definition) is 0. The van der Waals surface area contributed by atoms with Crippen molar-refractivity contribution in [2.24, 2.45) is 0 Å². The summed E-state index contributed by atoms with van der Waals surface area (Å²) < 4.78 is 7.37. The van der Waals surface area contributed by atoms with E-state index in [9.17, 15) is 0 Å². The minimum atomic E-state index is 0.567. The first kappa shape index (κ1) is 15.2. The van der Waals surface area contributed by atoms with Crippen LogP contribution >= 0.6 is 0 Å². The summed E-state index contributed by atoms with van der Waals surface area (Å²) in [5.41, 5.74) is 1.32. The van der Waals surface area contributed by atoms with Gasteiger partial charge in [0.15, 0.2) is 0 Å². The summed E-state index contributed by atoms with van der Waals surface area (Å²) in [5.74, 6) is 0.567. The molecule has 0 amide bonds. The molecule has 0 radical (unpaired) electrons. The third kappa shape index (κ3) is 4.78. The first-order chi connectivity index (χ1) is 8.75. The zero-order chi connectivity index (χ0) is 13.4. The zero-order valence-corrected chi connectivity index (χ0v) is 12.2. The van der Waals surface area contributed by atoms with Gasteiger partial charge in [0.2, 0.25) is 0 Å². The summed E-state index contributed by atoms with van der Waals surface area (Å²) in [4.78, 5) is 2.43. The van der Waals surface area contributed by atoms with Crippen molar-refractivity contribution in [2.75, 3.05) is 32.8 Å². The Bertz CT molecular complexity index is 317. The molecule has 1 aromatic rings. The highest BCUT2D eigenvalue weighted by molar-refractivity contribution is 5.08. The average molecular weight is 253 g/mol. The smallest absolute Gasteiger partial charge is 0.0594 e. The van der Waals surface area contributed by atoms with E-state index in [-0.39, 0.29) is 0 Å². The second-order valence-electron chi connectivity index (χ2n) is 4.65. The second-order valence-corrected chi connectivity index (χ2v) is 4.65. The third-order valence-electron chi connectivity index (χ3n) is 3.07. The lowest BCUT2D eigenvalue weighted by atomic mass is 10.1. The van der Waals surface area contributed by atoms with Crippen molar-refractivity contribution in [1.29, 1.82) is 0 Å². The van der Waals surface area contributed by atoms with Crippen LogP contribution in [-0.2, 0) is 11.3 Å². The zero-order valence-electron chi connectivity index (χ0n) is 12.2. The molecule has 1 fully saturated rings. The number of hydrogen-bond acceptors (Lipinski definition) is 3. The lowest BCUT2D eigenvalue weighted by Crippen LogP contribution is -2.38. The molecule has 0 bridgehead atoms. The van der Waals surface area contributed by atoms with Crippen LogP contribution in [0.15, 0.2) is 12.4 Å². The van der Waals surface area contributed by atoms with Gasteiger partial charge >= 0.3 is 0 Å². The molecule has 4 heteroatoms. The van der Waals surface area contributed by atoms with Crippen LogP contribution in [0.2, 0.25) is 0 Å². The Morgan fingerprint density at radius 3 is 2.44 bits per heavy atom. The molecule has 0 N–H and O–H groups in total. The Morgan fingerprint density at radius 1 is 1.22 bits per heavy atom. The minimum absolute atomic E-state index is 0.567. The van der Waals surface area contributed by atoms with E-state index >= 15 is 0 Å². The molecule has 0 aliphatic carbocycles. The maximum atomic E-state index is 5.32. The monoisotopic (exact) mass is 253 g/mol. The van der Waals surface area contributed by atoms with Gasteiger partial charge in [-0.3, -0.25) is 9.58 Å².